The van der Waals surface area contributed by atoms with E-state index in [1.807, 2.05) is 24.3 Å². The number of hydrogen-bond donors (Lipinski definition) is 1. The molecule has 0 bridgehead atoms. The zero-order valence-electron chi connectivity index (χ0n) is 16.3. The van der Waals surface area contributed by atoms with Gasteiger partial charge < -0.3 is 14.5 Å². The van der Waals surface area contributed by atoms with Crippen LogP contribution in [-0.4, -0.2) is 58.6 Å². The number of nitrogens with one attached hydrogen (secondary N) is 1. The second-order valence-corrected chi connectivity index (χ2v) is 9.44. The van der Waals surface area contributed by atoms with Crippen LogP contribution in [0.15, 0.2) is 57.9 Å². The lowest BCUT2D eigenvalue weighted by Gasteiger charge is -2.37. The highest BCUT2D eigenvalue weighted by molar-refractivity contribution is 9.10. The Morgan fingerprint density at radius 2 is 1.62 bits per heavy atom. The third-order valence-corrected chi connectivity index (χ3v) is 6.94. The van der Waals surface area contributed by atoms with Gasteiger partial charge in [0.2, 0.25) is 15.9 Å². The van der Waals surface area contributed by atoms with Crippen molar-refractivity contribution in [2.75, 3.05) is 38.2 Å². The number of piperazine rings is 1. The van der Waals surface area contributed by atoms with Crippen molar-refractivity contribution in [2.24, 2.45) is 0 Å². The summed E-state index contributed by atoms with van der Waals surface area (Å²) in [5, 5.41) is 0. The lowest BCUT2D eigenvalue weighted by molar-refractivity contribution is -0.132. The van der Waals surface area contributed by atoms with Crippen LogP contribution in [0.4, 0.5) is 5.69 Å². The van der Waals surface area contributed by atoms with E-state index in [1.54, 1.807) is 31.1 Å². The first-order valence-electron chi connectivity index (χ1n) is 9.26. The fourth-order valence-electron chi connectivity index (χ4n) is 3.22. The van der Waals surface area contributed by atoms with Crippen molar-refractivity contribution < 1.29 is 17.9 Å². The third-order valence-electron chi connectivity index (χ3n) is 4.86. The molecule has 0 aromatic heterocycles. The summed E-state index contributed by atoms with van der Waals surface area (Å²) in [5.74, 6) is 0.578. The molecule has 1 heterocycles. The van der Waals surface area contributed by atoms with Crippen molar-refractivity contribution in [3.8, 4) is 5.75 Å². The molecule has 7 nitrogen and oxygen atoms in total. The van der Waals surface area contributed by atoms with Gasteiger partial charge in [0.05, 0.1) is 18.0 Å². The summed E-state index contributed by atoms with van der Waals surface area (Å²) in [5.41, 5.74) is 1.07. The van der Waals surface area contributed by atoms with Gasteiger partial charge >= 0.3 is 0 Å². The first-order valence-corrected chi connectivity index (χ1v) is 11.5. The second kappa shape index (κ2) is 9.15. The summed E-state index contributed by atoms with van der Waals surface area (Å²) in [6.45, 7) is 4.02. The Kier molecular flexibility index (Phi) is 6.81. The Labute approximate surface area is 179 Å². The maximum absolute atomic E-state index is 12.7. The molecule has 0 radical (unpaired) electrons. The Morgan fingerprint density at radius 1 is 1.03 bits per heavy atom. The molecule has 156 valence electrons. The molecule has 0 saturated carbocycles. The maximum Gasteiger partial charge on any atom is 0.241 e. The fraction of sp³-hybridized carbons (Fsp3) is 0.350. The molecule has 1 amide bonds. The minimum Gasteiger partial charge on any atom is -0.497 e. The van der Waals surface area contributed by atoms with E-state index in [-0.39, 0.29) is 10.8 Å². The van der Waals surface area contributed by atoms with Gasteiger partial charge in [-0.3, -0.25) is 4.79 Å². The lowest BCUT2D eigenvalue weighted by Crippen LogP contribution is -2.54. The number of carbonyl (C=O) groups excluding carboxylic acids is 1. The van der Waals surface area contributed by atoms with Gasteiger partial charge in [-0.25, -0.2) is 8.42 Å². The second-order valence-electron chi connectivity index (χ2n) is 6.81. The monoisotopic (exact) mass is 481 g/mol. The van der Waals surface area contributed by atoms with E-state index in [0.717, 1.165) is 15.9 Å². The summed E-state index contributed by atoms with van der Waals surface area (Å²) >= 11 is 3.28. The van der Waals surface area contributed by atoms with E-state index in [2.05, 4.69) is 25.6 Å². The van der Waals surface area contributed by atoms with Gasteiger partial charge in [-0.15, -0.1) is 0 Å². The fourth-order valence-corrected chi connectivity index (χ4v) is 4.68. The minimum absolute atomic E-state index is 0.129. The number of anilines is 1. The Hall–Kier alpha value is -2.10. The molecule has 9 heteroatoms. The summed E-state index contributed by atoms with van der Waals surface area (Å²) in [4.78, 5) is 16.8. The van der Waals surface area contributed by atoms with E-state index >= 15 is 0 Å². The average molecular weight is 482 g/mol. The molecule has 1 atom stereocenters. The van der Waals surface area contributed by atoms with Crippen LogP contribution >= 0.6 is 15.9 Å². The topological polar surface area (TPSA) is 79.0 Å². The van der Waals surface area contributed by atoms with Crippen LogP contribution in [0.5, 0.6) is 5.75 Å². The standard InChI is InChI=1S/C20H24BrN3O4S/c1-15(22-29(26,27)19-9-3-16(21)4-10-19)20(25)24-13-11-23(12-14-24)17-5-7-18(28-2)8-6-17/h3-10,15,22H,11-14H2,1-2H3/t15-/m1/s1. The van der Waals surface area contributed by atoms with Gasteiger partial charge in [0, 0.05) is 36.3 Å². The van der Waals surface area contributed by atoms with E-state index in [4.69, 9.17) is 4.74 Å². The number of benzene rings is 2. The van der Waals surface area contributed by atoms with Crippen molar-refractivity contribution in [2.45, 2.75) is 17.9 Å². The van der Waals surface area contributed by atoms with Crippen LogP contribution in [0.3, 0.4) is 0 Å². The Balaban J connectivity index is 1.57. The van der Waals surface area contributed by atoms with Crippen LogP contribution in [0.2, 0.25) is 0 Å². The van der Waals surface area contributed by atoms with E-state index in [9.17, 15) is 13.2 Å². The molecule has 3 rings (SSSR count). The SMILES string of the molecule is COc1ccc(N2CCN(C(=O)[C@@H](C)NS(=O)(=O)c3ccc(Br)cc3)CC2)cc1. The van der Waals surface area contributed by atoms with Crippen molar-refractivity contribution in [1.82, 2.24) is 9.62 Å². The Morgan fingerprint density at radius 3 is 2.17 bits per heavy atom. The van der Waals surface area contributed by atoms with Crippen molar-refractivity contribution >= 4 is 37.5 Å². The third kappa shape index (κ3) is 5.29. The highest BCUT2D eigenvalue weighted by Gasteiger charge is 2.28. The molecular formula is C20H24BrN3O4S. The smallest absolute Gasteiger partial charge is 0.241 e. The van der Waals surface area contributed by atoms with Crippen LogP contribution in [-0.2, 0) is 14.8 Å². The number of amides is 1. The zero-order chi connectivity index (χ0) is 21.0. The van der Waals surface area contributed by atoms with Crippen molar-refractivity contribution in [1.29, 1.82) is 0 Å². The molecule has 0 unspecified atom stereocenters. The highest BCUT2D eigenvalue weighted by atomic mass is 79.9. The molecule has 1 N–H and O–H groups in total. The van der Waals surface area contributed by atoms with Gasteiger partial charge in [0.15, 0.2) is 0 Å². The first-order chi connectivity index (χ1) is 13.8. The molecule has 1 aliphatic heterocycles. The largest absolute Gasteiger partial charge is 0.497 e. The van der Waals surface area contributed by atoms with Gasteiger partial charge in [-0.2, -0.15) is 4.72 Å². The molecule has 0 aliphatic carbocycles. The summed E-state index contributed by atoms with van der Waals surface area (Å²) in [6, 6.07) is 13.3. The number of hydrogen-bond acceptors (Lipinski definition) is 5. The van der Waals surface area contributed by atoms with E-state index < -0.39 is 16.1 Å². The zero-order valence-corrected chi connectivity index (χ0v) is 18.7. The van der Waals surface area contributed by atoms with Crippen LogP contribution in [0.1, 0.15) is 6.92 Å². The molecule has 1 saturated heterocycles. The number of methoxy groups -OCH3 is 1. The number of nitrogens with zero attached hydrogens (tertiary/aromatic N) is 2. The predicted molar refractivity (Wildman–Crippen MR) is 116 cm³/mol. The number of carbonyl (C=O) groups is 1. The van der Waals surface area contributed by atoms with Crippen molar-refractivity contribution in [3.63, 3.8) is 0 Å². The van der Waals surface area contributed by atoms with Crippen LogP contribution in [0.25, 0.3) is 0 Å². The highest BCUT2D eigenvalue weighted by Crippen LogP contribution is 2.21. The molecule has 2 aromatic carbocycles. The Bertz CT molecular complexity index is 941. The summed E-state index contributed by atoms with van der Waals surface area (Å²) in [6.07, 6.45) is 0. The number of sulfonamides is 1. The summed E-state index contributed by atoms with van der Waals surface area (Å²) < 4.78 is 33.5. The molecular weight excluding hydrogens is 458 g/mol. The number of halogens is 1. The lowest BCUT2D eigenvalue weighted by atomic mass is 10.2. The number of ether oxygens (including phenoxy) is 1. The average Bonchev–Trinajstić information content (AvgIpc) is 2.73. The molecule has 29 heavy (non-hydrogen) atoms. The van der Waals surface area contributed by atoms with Gasteiger partial charge in [0.25, 0.3) is 0 Å². The van der Waals surface area contributed by atoms with E-state index in [1.165, 1.54) is 12.1 Å². The van der Waals surface area contributed by atoms with Crippen molar-refractivity contribution in [3.05, 3.63) is 53.0 Å². The van der Waals surface area contributed by atoms with Crippen LogP contribution < -0.4 is 14.4 Å². The number of rotatable bonds is 6. The molecule has 2 aromatic rings. The molecule has 0 spiro atoms. The van der Waals surface area contributed by atoms with Gasteiger partial charge in [0.1, 0.15) is 5.75 Å². The molecule has 1 fully saturated rings. The quantitative estimate of drug-likeness (QED) is 0.685. The van der Waals surface area contributed by atoms with Gasteiger partial charge in [-0.05, 0) is 55.5 Å². The maximum atomic E-state index is 12.7. The minimum atomic E-state index is -3.76. The summed E-state index contributed by atoms with van der Waals surface area (Å²) in [7, 11) is -2.13. The normalized spacial score (nSPS) is 15.8. The molecule has 1 aliphatic rings. The van der Waals surface area contributed by atoms with Gasteiger partial charge in [-0.1, -0.05) is 15.9 Å². The van der Waals surface area contributed by atoms with E-state index in [0.29, 0.717) is 26.2 Å². The predicted octanol–water partition coefficient (Wildman–Crippen LogP) is 2.47. The van der Waals surface area contributed by atoms with Crippen LogP contribution in [0, 0.1) is 0 Å². The first kappa shape index (κ1) is 21.6.